The molecule has 0 spiro atoms. The average Bonchev–Trinajstić information content (AvgIpc) is 2.28. The van der Waals surface area contributed by atoms with Crippen LogP contribution in [0.1, 0.15) is 13.8 Å². The number of Topliss-reactive ketones (excluding diaryl/α,β-unsaturated/α-hetero) is 1. The Morgan fingerprint density at radius 1 is 1.19 bits per heavy atom. The highest BCUT2D eigenvalue weighted by atomic mass is 16.2. The maximum atomic E-state index is 11.6. The van der Waals surface area contributed by atoms with Crippen molar-refractivity contribution in [2.24, 2.45) is 5.92 Å². The third-order valence-electron chi connectivity index (χ3n) is 2.13. The Balaban J connectivity index is 2.67. The molecule has 84 valence electrons. The fourth-order valence-corrected chi connectivity index (χ4v) is 1.19. The fraction of sp³-hybridized carbons (Fsp3) is 0.231. The van der Waals surface area contributed by atoms with Gasteiger partial charge in [0, 0.05) is 11.6 Å². The predicted molar refractivity (Wildman–Crippen MR) is 64.1 cm³/mol. The summed E-state index contributed by atoms with van der Waals surface area (Å²) in [7, 11) is 0. The van der Waals surface area contributed by atoms with E-state index in [1.807, 2.05) is 18.2 Å². The smallest absolute Gasteiger partial charge is 0.258 e. The summed E-state index contributed by atoms with van der Waals surface area (Å²) in [5.41, 5.74) is 0.657. The zero-order valence-corrected chi connectivity index (χ0v) is 9.49. The van der Waals surface area contributed by atoms with Gasteiger partial charge in [-0.1, -0.05) is 38.6 Å². The molecule has 0 atom stereocenters. The van der Waals surface area contributed by atoms with E-state index in [2.05, 4.69) is 11.9 Å². The summed E-state index contributed by atoms with van der Waals surface area (Å²) in [5, 5.41) is 2.62. The number of benzene rings is 1. The second-order valence-electron chi connectivity index (χ2n) is 3.82. The number of nitrogens with one attached hydrogen (secondary N) is 1. The quantitative estimate of drug-likeness (QED) is 0.478. The van der Waals surface area contributed by atoms with Gasteiger partial charge in [-0.25, -0.2) is 0 Å². The summed E-state index contributed by atoms with van der Waals surface area (Å²) in [4.78, 5) is 23.1. The SMILES string of the molecule is C=C(C(=O)Nc1ccccc1)C(=O)C(C)C. The van der Waals surface area contributed by atoms with Crippen molar-refractivity contribution >= 4 is 17.4 Å². The van der Waals surface area contributed by atoms with E-state index in [9.17, 15) is 9.59 Å². The van der Waals surface area contributed by atoms with E-state index in [-0.39, 0.29) is 17.3 Å². The molecule has 3 heteroatoms. The van der Waals surface area contributed by atoms with Crippen molar-refractivity contribution in [1.29, 1.82) is 0 Å². The summed E-state index contributed by atoms with van der Waals surface area (Å²) in [6.45, 7) is 6.99. The minimum atomic E-state index is -0.440. The van der Waals surface area contributed by atoms with Crippen LogP contribution in [0.15, 0.2) is 42.5 Å². The van der Waals surface area contributed by atoms with Gasteiger partial charge in [0.2, 0.25) is 0 Å². The second-order valence-corrected chi connectivity index (χ2v) is 3.82. The second kappa shape index (κ2) is 5.26. The lowest BCUT2D eigenvalue weighted by atomic mass is 10.0. The van der Waals surface area contributed by atoms with Gasteiger partial charge in [0.1, 0.15) is 0 Å². The number of carbonyl (C=O) groups excluding carboxylic acids is 2. The van der Waals surface area contributed by atoms with Crippen molar-refractivity contribution < 1.29 is 9.59 Å². The standard InChI is InChI=1S/C13H15NO2/c1-9(2)12(15)10(3)13(16)14-11-7-5-4-6-8-11/h4-9H,3H2,1-2H3,(H,14,16). The summed E-state index contributed by atoms with van der Waals surface area (Å²) in [5.74, 6) is -0.882. The molecule has 0 heterocycles. The van der Waals surface area contributed by atoms with Crippen molar-refractivity contribution in [2.75, 3.05) is 5.32 Å². The first-order chi connectivity index (χ1) is 7.52. The molecule has 3 nitrogen and oxygen atoms in total. The molecule has 1 rings (SSSR count). The van der Waals surface area contributed by atoms with Crippen LogP contribution in [-0.4, -0.2) is 11.7 Å². The molecule has 0 unspecified atom stereocenters. The molecule has 0 aliphatic carbocycles. The van der Waals surface area contributed by atoms with Crippen LogP contribution >= 0.6 is 0 Å². The molecule has 0 saturated heterocycles. The number of carbonyl (C=O) groups is 2. The monoisotopic (exact) mass is 217 g/mol. The van der Waals surface area contributed by atoms with Crippen molar-refractivity contribution in [3.63, 3.8) is 0 Å². The van der Waals surface area contributed by atoms with Crippen LogP contribution in [0.4, 0.5) is 5.69 Å². The van der Waals surface area contributed by atoms with E-state index in [1.165, 1.54) is 0 Å². The lowest BCUT2D eigenvalue weighted by Gasteiger charge is -2.08. The van der Waals surface area contributed by atoms with Gasteiger partial charge >= 0.3 is 0 Å². The van der Waals surface area contributed by atoms with Crippen LogP contribution in [-0.2, 0) is 9.59 Å². The molecular weight excluding hydrogens is 202 g/mol. The lowest BCUT2D eigenvalue weighted by molar-refractivity contribution is -0.121. The van der Waals surface area contributed by atoms with Crippen LogP contribution in [0.3, 0.4) is 0 Å². The van der Waals surface area contributed by atoms with Gasteiger partial charge in [-0.15, -0.1) is 0 Å². The van der Waals surface area contributed by atoms with Gasteiger partial charge in [0.15, 0.2) is 5.78 Å². The molecule has 1 N–H and O–H groups in total. The van der Waals surface area contributed by atoms with Crippen LogP contribution in [0, 0.1) is 5.92 Å². The van der Waals surface area contributed by atoms with E-state index in [1.54, 1.807) is 26.0 Å². The van der Waals surface area contributed by atoms with Gasteiger partial charge in [-0.2, -0.15) is 0 Å². The number of hydrogen-bond donors (Lipinski definition) is 1. The molecule has 0 aromatic heterocycles. The highest BCUT2D eigenvalue weighted by Gasteiger charge is 2.18. The van der Waals surface area contributed by atoms with E-state index in [4.69, 9.17) is 0 Å². The Morgan fingerprint density at radius 2 is 1.75 bits per heavy atom. The number of rotatable bonds is 4. The third kappa shape index (κ3) is 3.05. The van der Waals surface area contributed by atoms with Crippen molar-refractivity contribution in [1.82, 2.24) is 0 Å². The van der Waals surface area contributed by atoms with E-state index in [0.717, 1.165) is 0 Å². The molecule has 0 radical (unpaired) electrons. The number of amides is 1. The summed E-state index contributed by atoms with van der Waals surface area (Å²) >= 11 is 0. The Kier molecular flexibility index (Phi) is 4.00. The average molecular weight is 217 g/mol. The fourth-order valence-electron chi connectivity index (χ4n) is 1.19. The lowest BCUT2D eigenvalue weighted by Crippen LogP contribution is -2.22. The Labute approximate surface area is 95.2 Å². The minimum Gasteiger partial charge on any atom is -0.322 e. The molecule has 0 aliphatic heterocycles. The van der Waals surface area contributed by atoms with Gasteiger partial charge < -0.3 is 5.32 Å². The van der Waals surface area contributed by atoms with Gasteiger partial charge in [0.05, 0.1) is 5.57 Å². The number of para-hydroxylation sites is 1. The summed E-state index contributed by atoms with van der Waals surface area (Å²) in [6.07, 6.45) is 0. The van der Waals surface area contributed by atoms with E-state index < -0.39 is 5.91 Å². The van der Waals surface area contributed by atoms with Crippen LogP contribution in [0.2, 0.25) is 0 Å². The first-order valence-corrected chi connectivity index (χ1v) is 5.12. The first kappa shape index (κ1) is 12.2. The van der Waals surface area contributed by atoms with Gasteiger partial charge in [0.25, 0.3) is 5.91 Å². The van der Waals surface area contributed by atoms with Crippen LogP contribution < -0.4 is 5.32 Å². The predicted octanol–water partition coefficient (Wildman–Crippen LogP) is 2.41. The number of ketones is 1. The maximum Gasteiger partial charge on any atom is 0.258 e. The normalized spacial score (nSPS) is 9.94. The molecule has 0 fully saturated rings. The molecule has 0 aliphatic rings. The highest BCUT2D eigenvalue weighted by Crippen LogP contribution is 2.09. The molecule has 1 aromatic carbocycles. The molecular formula is C13H15NO2. The van der Waals surface area contributed by atoms with Gasteiger partial charge in [-0.3, -0.25) is 9.59 Å². The van der Waals surface area contributed by atoms with Crippen molar-refractivity contribution in [3.8, 4) is 0 Å². The Morgan fingerprint density at radius 3 is 2.25 bits per heavy atom. The van der Waals surface area contributed by atoms with Crippen LogP contribution in [0.5, 0.6) is 0 Å². The van der Waals surface area contributed by atoms with E-state index >= 15 is 0 Å². The largest absolute Gasteiger partial charge is 0.322 e. The Bertz CT molecular complexity index is 407. The molecule has 0 saturated carbocycles. The zero-order chi connectivity index (χ0) is 12.1. The Hall–Kier alpha value is -1.90. The molecule has 0 bridgehead atoms. The van der Waals surface area contributed by atoms with E-state index in [0.29, 0.717) is 5.69 Å². The first-order valence-electron chi connectivity index (χ1n) is 5.12. The minimum absolute atomic E-state index is 0.00106. The summed E-state index contributed by atoms with van der Waals surface area (Å²) in [6, 6.07) is 8.98. The third-order valence-corrected chi connectivity index (χ3v) is 2.13. The van der Waals surface area contributed by atoms with Crippen molar-refractivity contribution in [3.05, 3.63) is 42.5 Å². The summed E-state index contributed by atoms with van der Waals surface area (Å²) < 4.78 is 0. The topological polar surface area (TPSA) is 46.2 Å². The molecule has 16 heavy (non-hydrogen) atoms. The van der Waals surface area contributed by atoms with Gasteiger partial charge in [-0.05, 0) is 12.1 Å². The zero-order valence-electron chi connectivity index (χ0n) is 9.49. The number of anilines is 1. The molecule has 1 amide bonds. The molecule has 1 aromatic rings. The number of hydrogen-bond acceptors (Lipinski definition) is 2. The maximum absolute atomic E-state index is 11.6. The highest BCUT2D eigenvalue weighted by molar-refractivity contribution is 6.23. The van der Waals surface area contributed by atoms with Crippen molar-refractivity contribution in [2.45, 2.75) is 13.8 Å². The van der Waals surface area contributed by atoms with Crippen LogP contribution in [0.25, 0.3) is 0 Å².